The third-order valence-corrected chi connectivity index (χ3v) is 6.00. The Balaban J connectivity index is 1.54. The van der Waals surface area contributed by atoms with Gasteiger partial charge in [0.25, 0.3) is 5.91 Å². The first kappa shape index (κ1) is 14.8. The number of amides is 1. The Hall–Kier alpha value is -1.79. The number of benzene rings is 1. The number of fused-ring (bicyclic) bond motifs is 1. The standard InChI is InChI=1S/C17H18FN3OS/c1-8-5-10(3-4-13(8)18)17-20-9(2)15(23-17)16(22)21-14-11-6-19-7-12(11)14/h3-5,11-12,14,19H,6-7H2,1-2H3,(H,21,22)/t11-,12+,14?. The summed E-state index contributed by atoms with van der Waals surface area (Å²) in [4.78, 5) is 17.6. The van der Waals surface area contributed by atoms with Gasteiger partial charge in [-0.25, -0.2) is 9.37 Å². The van der Waals surface area contributed by atoms with E-state index in [0.717, 1.165) is 29.4 Å². The number of aromatic nitrogens is 1. The maximum Gasteiger partial charge on any atom is 0.263 e. The van der Waals surface area contributed by atoms with Gasteiger partial charge in [0, 0.05) is 24.7 Å². The molecule has 1 aliphatic carbocycles. The van der Waals surface area contributed by atoms with Crippen molar-refractivity contribution in [3.8, 4) is 10.6 Å². The van der Waals surface area contributed by atoms with Gasteiger partial charge in [0.15, 0.2) is 0 Å². The number of piperidine rings is 1. The summed E-state index contributed by atoms with van der Waals surface area (Å²) in [5.41, 5.74) is 2.16. The second kappa shape index (κ2) is 5.39. The molecule has 2 aromatic rings. The summed E-state index contributed by atoms with van der Waals surface area (Å²) in [6.45, 7) is 5.57. The van der Waals surface area contributed by atoms with Crippen LogP contribution in [0.15, 0.2) is 18.2 Å². The summed E-state index contributed by atoms with van der Waals surface area (Å²) in [6.07, 6.45) is 0. The van der Waals surface area contributed by atoms with E-state index in [1.165, 1.54) is 17.4 Å². The zero-order chi connectivity index (χ0) is 16.1. The Morgan fingerprint density at radius 2 is 2.09 bits per heavy atom. The number of aryl methyl sites for hydroxylation is 2. The molecule has 1 aliphatic heterocycles. The van der Waals surface area contributed by atoms with Gasteiger partial charge >= 0.3 is 0 Å². The van der Waals surface area contributed by atoms with Crippen molar-refractivity contribution in [2.24, 2.45) is 11.8 Å². The van der Waals surface area contributed by atoms with Gasteiger partial charge in [-0.05, 0) is 49.4 Å². The fourth-order valence-electron chi connectivity index (χ4n) is 3.36. The molecule has 0 spiro atoms. The van der Waals surface area contributed by atoms with Crippen molar-refractivity contribution in [1.29, 1.82) is 0 Å². The Bertz CT molecular complexity index is 778. The molecule has 1 unspecified atom stereocenters. The lowest BCUT2D eigenvalue weighted by atomic mass is 10.1. The molecule has 0 bridgehead atoms. The number of nitrogens with zero attached hydrogens (tertiary/aromatic N) is 1. The molecule has 4 nitrogen and oxygen atoms in total. The van der Waals surface area contributed by atoms with E-state index in [4.69, 9.17) is 0 Å². The van der Waals surface area contributed by atoms with Crippen LogP contribution in [0.2, 0.25) is 0 Å². The summed E-state index contributed by atoms with van der Waals surface area (Å²) < 4.78 is 13.4. The summed E-state index contributed by atoms with van der Waals surface area (Å²) in [5.74, 6) is 0.913. The first-order chi connectivity index (χ1) is 11.0. The van der Waals surface area contributed by atoms with E-state index in [0.29, 0.717) is 28.3 Å². The van der Waals surface area contributed by atoms with E-state index >= 15 is 0 Å². The molecule has 1 saturated heterocycles. The Kier molecular flexibility index (Phi) is 3.46. The molecule has 3 atom stereocenters. The number of hydrogen-bond acceptors (Lipinski definition) is 4. The molecule has 1 saturated carbocycles. The normalized spacial score (nSPS) is 25.3. The highest BCUT2D eigenvalue weighted by molar-refractivity contribution is 7.17. The van der Waals surface area contributed by atoms with Crippen LogP contribution in [0.5, 0.6) is 0 Å². The molecule has 2 N–H and O–H groups in total. The van der Waals surface area contributed by atoms with Gasteiger partial charge in [-0.15, -0.1) is 11.3 Å². The Labute approximate surface area is 138 Å². The first-order valence-electron chi connectivity index (χ1n) is 7.80. The van der Waals surface area contributed by atoms with Gasteiger partial charge in [-0.3, -0.25) is 4.79 Å². The summed E-state index contributed by atoms with van der Waals surface area (Å²) in [5, 5.41) is 7.21. The molecule has 1 aromatic carbocycles. The SMILES string of the molecule is Cc1cc(-c2nc(C)c(C(=O)NC3[C@H]4CNC[C@@H]34)s2)ccc1F. The lowest BCUT2D eigenvalue weighted by Gasteiger charge is -2.06. The lowest BCUT2D eigenvalue weighted by Crippen LogP contribution is -2.32. The lowest BCUT2D eigenvalue weighted by molar-refractivity contribution is 0.0950. The van der Waals surface area contributed by atoms with Crippen molar-refractivity contribution in [2.75, 3.05) is 13.1 Å². The van der Waals surface area contributed by atoms with Crippen molar-refractivity contribution < 1.29 is 9.18 Å². The van der Waals surface area contributed by atoms with Crippen LogP contribution in [0.4, 0.5) is 4.39 Å². The van der Waals surface area contributed by atoms with Crippen LogP contribution in [0.1, 0.15) is 20.9 Å². The number of carbonyl (C=O) groups is 1. The molecule has 2 aliphatic rings. The molecule has 2 heterocycles. The van der Waals surface area contributed by atoms with E-state index < -0.39 is 0 Å². The fraction of sp³-hybridized carbons (Fsp3) is 0.412. The fourth-order valence-corrected chi connectivity index (χ4v) is 4.32. The van der Waals surface area contributed by atoms with Crippen molar-refractivity contribution in [3.05, 3.63) is 40.2 Å². The number of hydrogen-bond donors (Lipinski definition) is 2. The molecular weight excluding hydrogens is 313 g/mol. The number of carbonyl (C=O) groups excluding carboxylic acids is 1. The van der Waals surface area contributed by atoms with Crippen LogP contribution in [0, 0.1) is 31.5 Å². The highest BCUT2D eigenvalue weighted by Crippen LogP contribution is 2.42. The predicted octanol–water partition coefficient (Wildman–Crippen LogP) is 2.51. The average molecular weight is 331 g/mol. The van der Waals surface area contributed by atoms with E-state index in [2.05, 4.69) is 15.6 Å². The van der Waals surface area contributed by atoms with Gasteiger partial charge in [0.2, 0.25) is 0 Å². The molecule has 1 aromatic heterocycles. The summed E-state index contributed by atoms with van der Waals surface area (Å²) in [7, 11) is 0. The van der Waals surface area contributed by atoms with Crippen LogP contribution in [-0.2, 0) is 0 Å². The molecule has 120 valence electrons. The van der Waals surface area contributed by atoms with E-state index in [1.807, 2.05) is 6.92 Å². The van der Waals surface area contributed by atoms with Gasteiger partial charge < -0.3 is 10.6 Å². The van der Waals surface area contributed by atoms with Crippen molar-refractivity contribution in [2.45, 2.75) is 19.9 Å². The topological polar surface area (TPSA) is 54.0 Å². The molecule has 23 heavy (non-hydrogen) atoms. The average Bonchev–Trinajstić information content (AvgIpc) is 2.92. The summed E-state index contributed by atoms with van der Waals surface area (Å²) in [6, 6.07) is 5.23. The number of halogens is 1. The maximum atomic E-state index is 13.4. The minimum Gasteiger partial charge on any atom is -0.348 e. The number of rotatable bonds is 3. The highest BCUT2D eigenvalue weighted by atomic mass is 32.1. The third kappa shape index (κ3) is 2.56. The zero-order valence-corrected chi connectivity index (χ0v) is 13.8. The number of nitrogens with one attached hydrogen (secondary N) is 2. The monoisotopic (exact) mass is 331 g/mol. The smallest absolute Gasteiger partial charge is 0.263 e. The summed E-state index contributed by atoms with van der Waals surface area (Å²) >= 11 is 1.37. The Morgan fingerprint density at radius 3 is 2.78 bits per heavy atom. The van der Waals surface area contributed by atoms with E-state index in [-0.39, 0.29) is 11.7 Å². The molecule has 2 fully saturated rings. The molecule has 1 amide bonds. The largest absolute Gasteiger partial charge is 0.348 e. The van der Waals surface area contributed by atoms with Gasteiger partial charge in [-0.2, -0.15) is 0 Å². The van der Waals surface area contributed by atoms with Crippen LogP contribution < -0.4 is 10.6 Å². The van der Waals surface area contributed by atoms with Crippen LogP contribution in [0.3, 0.4) is 0 Å². The van der Waals surface area contributed by atoms with E-state index in [9.17, 15) is 9.18 Å². The second-order valence-corrected chi connectivity index (χ2v) is 7.38. The Morgan fingerprint density at radius 1 is 1.35 bits per heavy atom. The molecule has 4 rings (SSSR count). The quantitative estimate of drug-likeness (QED) is 0.909. The van der Waals surface area contributed by atoms with Gasteiger partial charge in [-0.1, -0.05) is 0 Å². The minimum atomic E-state index is -0.228. The zero-order valence-electron chi connectivity index (χ0n) is 13.0. The number of thiazole rings is 1. The van der Waals surface area contributed by atoms with Crippen molar-refractivity contribution >= 4 is 17.2 Å². The molecule has 0 radical (unpaired) electrons. The maximum absolute atomic E-state index is 13.4. The van der Waals surface area contributed by atoms with E-state index in [1.54, 1.807) is 19.1 Å². The van der Waals surface area contributed by atoms with Crippen LogP contribution >= 0.6 is 11.3 Å². The first-order valence-corrected chi connectivity index (χ1v) is 8.62. The highest BCUT2D eigenvalue weighted by Gasteiger charge is 2.53. The second-order valence-electron chi connectivity index (χ2n) is 6.38. The third-order valence-electron chi connectivity index (χ3n) is 4.80. The molecular formula is C17H18FN3OS. The molecule has 6 heteroatoms. The van der Waals surface area contributed by atoms with Gasteiger partial charge in [0.05, 0.1) is 5.69 Å². The van der Waals surface area contributed by atoms with Crippen LogP contribution in [0.25, 0.3) is 10.6 Å². The minimum absolute atomic E-state index is 0.0375. The van der Waals surface area contributed by atoms with Crippen molar-refractivity contribution in [3.63, 3.8) is 0 Å². The predicted molar refractivity (Wildman–Crippen MR) is 88.1 cm³/mol. The van der Waals surface area contributed by atoms with Crippen LogP contribution in [-0.4, -0.2) is 30.0 Å². The van der Waals surface area contributed by atoms with Crippen molar-refractivity contribution in [1.82, 2.24) is 15.6 Å². The van der Waals surface area contributed by atoms with Gasteiger partial charge in [0.1, 0.15) is 15.7 Å².